The zero-order valence-electron chi connectivity index (χ0n) is 27.9. The van der Waals surface area contributed by atoms with Crippen LogP contribution in [-0.2, 0) is 6.42 Å². The number of amidine groups is 2. The molecule has 0 amide bonds. The molecular weight excluding hydrogens is 526 g/mol. The molecule has 0 aromatic heterocycles. The number of hydrogen-bond acceptors (Lipinski definition) is 5. The van der Waals surface area contributed by atoms with E-state index in [0.717, 1.165) is 43.9 Å². The number of benzene rings is 1. The van der Waals surface area contributed by atoms with Gasteiger partial charge in [-0.2, -0.15) is 0 Å². The molecule has 0 saturated carbocycles. The standard InChI is InChI=1S/C36H53N5.C2H6/c1-27(2)36-37-26-35(38-36)41-22-16-30(17-23-41)7-6-29-8-10-32(11-9-29)33-14-12-31(13-15-33)28(3)39-24-18-34(19-25-39)40-20-4-5-21-40;1-2/h8-11,14,27,30-31,34H,3-7,12-13,15-26H2,1-2H3;1-2H3. The van der Waals surface area contributed by atoms with E-state index in [2.05, 4.69) is 70.5 Å². The van der Waals surface area contributed by atoms with Gasteiger partial charge in [0.2, 0.25) is 0 Å². The number of allylic oxidation sites excluding steroid dienone is 3. The van der Waals surface area contributed by atoms with E-state index in [9.17, 15) is 0 Å². The maximum atomic E-state index is 4.81. The highest BCUT2D eigenvalue weighted by Gasteiger charge is 2.29. The molecule has 0 bridgehead atoms. The molecule has 1 atom stereocenters. The van der Waals surface area contributed by atoms with Crippen LogP contribution < -0.4 is 0 Å². The summed E-state index contributed by atoms with van der Waals surface area (Å²) in [6, 6.07) is 10.4. The van der Waals surface area contributed by atoms with Gasteiger partial charge in [0.15, 0.2) is 0 Å². The van der Waals surface area contributed by atoms with Crippen LogP contribution in [0.25, 0.3) is 5.57 Å². The first kappa shape index (κ1) is 32.0. The monoisotopic (exact) mass is 585 g/mol. The number of piperidine rings is 2. The Balaban J connectivity index is 0.00000180. The molecule has 3 saturated heterocycles. The highest BCUT2D eigenvalue weighted by Crippen LogP contribution is 2.36. The summed E-state index contributed by atoms with van der Waals surface area (Å²) in [4.78, 5) is 17.3. The summed E-state index contributed by atoms with van der Waals surface area (Å²) < 4.78 is 0. The van der Waals surface area contributed by atoms with Crippen molar-refractivity contribution in [1.82, 2.24) is 14.7 Å². The Morgan fingerprint density at radius 2 is 1.60 bits per heavy atom. The third kappa shape index (κ3) is 8.21. The van der Waals surface area contributed by atoms with E-state index in [1.165, 1.54) is 113 Å². The van der Waals surface area contributed by atoms with Crippen molar-refractivity contribution in [2.45, 2.75) is 104 Å². The van der Waals surface area contributed by atoms with Crippen molar-refractivity contribution in [2.75, 3.05) is 45.8 Å². The van der Waals surface area contributed by atoms with Crippen LogP contribution in [0.5, 0.6) is 0 Å². The maximum Gasteiger partial charge on any atom is 0.128 e. The zero-order chi connectivity index (χ0) is 30.2. The molecule has 0 spiro atoms. The van der Waals surface area contributed by atoms with Gasteiger partial charge >= 0.3 is 0 Å². The van der Waals surface area contributed by atoms with Crippen LogP contribution in [-0.4, -0.2) is 78.2 Å². The van der Waals surface area contributed by atoms with Crippen molar-refractivity contribution in [3.8, 4) is 0 Å². The smallest absolute Gasteiger partial charge is 0.128 e. The fraction of sp³-hybridized carbons (Fsp3) is 0.684. The van der Waals surface area contributed by atoms with Crippen molar-refractivity contribution >= 4 is 17.2 Å². The van der Waals surface area contributed by atoms with E-state index in [1.807, 2.05) is 13.8 Å². The summed E-state index contributed by atoms with van der Waals surface area (Å²) in [6.07, 6.45) is 16.6. The molecule has 6 rings (SSSR count). The SMILES string of the molecule is C=C(C1CC=C(c2ccc(CCC3CCN(C4=NC(C(C)C)=NC4)CC3)cc2)CC1)N1CCC(N2CCCC2)CC1.CC. The van der Waals surface area contributed by atoms with Crippen molar-refractivity contribution in [3.63, 3.8) is 0 Å². The topological polar surface area (TPSA) is 34.4 Å². The number of nitrogens with zero attached hydrogens (tertiary/aromatic N) is 5. The van der Waals surface area contributed by atoms with Crippen molar-refractivity contribution in [1.29, 1.82) is 0 Å². The molecule has 5 heteroatoms. The lowest BCUT2D eigenvalue weighted by Crippen LogP contribution is -2.44. The lowest BCUT2D eigenvalue weighted by Gasteiger charge is -2.41. The van der Waals surface area contributed by atoms with Gasteiger partial charge in [-0.3, -0.25) is 4.99 Å². The van der Waals surface area contributed by atoms with Gasteiger partial charge in [-0.1, -0.05) is 64.6 Å². The molecule has 3 fully saturated rings. The summed E-state index contributed by atoms with van der Waals surface area (Å²) >= 11 is 0. The van der Waals surface area contributed by atoms with Crippen LogP contribution in [0.15, 0.2) is 52.6 Å². The Kier molecular flexibility index (Phi) is 11.6. The molecule has 1 aromatic carbocycles. The Morgan fingerprint density at radius 1 is 0.907 bits per heavy atom. The number of aryl methyl sites for hydroxylation is 1. The number of aliphatic imine (C=N–C) groups is 2. The molecule has 43 heavy (non-hydrogen) atoms. The summed E-state index contributed by atoms with van der Waals surface area (Å²) in [5.41, 5.74) is 5.87. The summed E-state index contributed by atoms with van der Waals surface area (Å²) in [6.45, 7) is 21.1. The van der Waals surface area contributed by atoms with Crippen LogP contribution in [0.3, 0.4) is 0 Å². The lowest BCUT2D eigenvalue weighted by atomic mass is 9.84. The Bertz CT molecular complexity index is 1120. The van der Waals surface area contributed by atoms with Gasteiger partial charge in [-0.25, -0.2) is 4.99 Å². The molecule has 0 radical (unpaired) electrons. The van der Waals surface area contributed by atoms with E-state index in [-0.39, 0.29) is 0 Å². The van der Waals surface area contributed by atoms with E-state index in [0.29, 0.717) is 11.8 Å². The number of hydrogen-bond donors (Lipinski definition) is 0. The molecule has 4 heterocycles. The summed E-state index contributed by atoms with van der Waals surface area (Å²) in [5, 5.41) is 0. The molecule has 1 unspecified atom stereocenters. The predicted octanol–water partition coefficient (Wildman–Crippen LogP) is 8.08. The van der Waals surface area contributed by atoms with Gasteiger partial charge in [0.05, 0.1) is 6.54 Å². The molecular formula is C38H59N5. The molecule has 5 nitrogen and oxygen atoms in total. The third-order valence-corrected chi connectivity index (χ3v) is 10.7. The van der Waals surface area contributed by atoms with Crippen LogP contribution in [0.4, 0.5) is 0 Å². The molecule has 1 aromatic rings. The Labute approximate surface area is 263 Å². The van der Waals surface area contributed by atoms with E-state index in [1.54, 1.807) is 5.57 Å². The van der Waals surface area contributed by atoms with E-state index in [4.69, 9.17) is 4.99 Å². The van der Waals surface area contributed by atoms with Gasteiger partial charge in [-0.05, 0) is 106 Å². The van der Waals surface area contributed by atoms with Gasteiger partial charge in [0.25, 0.3) is 0 Å². The summed E-state index contributed by atoms with van der Waals surface area (Å²) in [7, 11) is 0. The van der Waals surface area contributed by atoms with Gasteiger partial charge in [0.1, 0.15) is 11.7 Å². The highest BCUT2D eigenvalue weighted by molar-refractivity contribution is 6.03. The normalized spacial score (nSPS) is 24.0. The summed E-state index contributed by atoms with van der Waals surface area (Å²) in [5.74, 6) is 4.12. The zero-order valence-corrected chi connectivity index (χ0v) is 27.9. The molecule has 4 aliphatic heterocycles. The predicted molar refractivity (Wildman–Crippen MR) is 185 cm³/mol. The van der Waals surface area contributed by atoms with Gasteiger partial charge in [-0.15, -0.1) is 0 Å². The van der Waals surface area contributed by atoms with Crippen LogP contribution >= 0.6 is 0 Å². The third-order valence-electron chi connectivity index (χ3n) is 10.7. The number of likely N-dealkylation sites (tertiary alicyclic amines) is 3. The minimum atomic E-state index is 0.431. The minimum absolute atomic E-state index is 0.431. The molecule has 5 aliphatic rings. The lowest BCUT2D eigenvalue weighted by molar-refractivity contribution is 0.139. The Hall–Kier alpha value is -2.40. The van der Waals surface area contributed by atoms with E-state index >= 15 is 0 Å². The average molecular weight is 586 g/mol. The van der Waals surface area contributed by atoms with Crippen molar-refractivity contribution in [2.24, 2.45) is 27.7 Å². The average Bonchev–Trinajstić information content (AvgIpc) is 3.79. The maximum absolute atomic E-state index is 4.81. The van der Waals surface area contributed by atoms with Crippen LogP contribution in [0.1, 0.15) is 103 Å². The quantitative estimate of drug-likeness (QED) is 0.309. The van der Waals surface area contributed by atoms with Crippen molar-refractivity contribution in [3.05, 3.63) is 53.7 Å². The Morgan fingerprint density at radius 3 is 2.21 bits per heavy atom. The van der Waals surface area contributed by atoms with Crippen LogP contribution in [0.2, 0.25) is 0 Å². The molecule has 236 valence electrons. The first-order chi connectivity index (χ1) is 21.0. The van der Waals surface area contributed by atoms with Gasteiger partial charge in [0, 0.05) is 49.8 Å². The number of rotatable bonds is 8. The van der Waals surface area contributed by atoms with Crippen LogP contribution in [0, 0.1) is 17.8 Å². The largest absolute Gasteiger partial charge is 0.375 e. The fourth-order valence-electron chi connectivity index (χ4n) is 7.86. The second-order valence-corrected chi connectivity index (χ2v) is 13.7. The van der Waals surface area contributed by atoms with E-state index < -0.39 is 0 Å². The second-order valence-electron chi connectivity index (χ2n) is 13.7. The first-order valence-electron chi connectivity index (χ1n) is 17.9. The minimum Gasteiger partial charge on any atom is -0.375 e. The molecule has 1 aliphatic carbocycles. The molecule has 0 N–H and O–H groups in total. The van der Waals surface area contributed by atoms with Gasteiger partial charge < -0.3 is 14.7 Å². The van der Waals surface area contributed by atoms with Crippen molar-refractivity contribution < 1.29 is 0 Å². The first-order valence-corrected chi connectivity index (χ1v) is 17.9. The second kappa shape index (κ2) is 15.5. The highest BCUT2D eigenvalue weighted by atomic mass is 15.2. The fourth-order valence-corrected chi connectivity index (χ4v) is 7.86.